The second-order valence-corrected chi connectivity index (χ2v) is 4.56. The van der Waals surface area contributed by atoms with E-state index in [9.17, 15) is 4.79 Å². The minimum Gasteiger partial charge on any atom is -0.344 e. The van der Waals surface area contributed by atoms with E-state index in [1.165, 1.54) is 0 Å². The quantitative estimate of drug-likeness (QED) is 0.806. The van der Waals surface area contributed by atoms with E-state index in [2.05, 4.69) is 10.4 Å². The molecular weight excluding hydrogens is 216 g/mol. The average Bonchev–Trinajstić information content (AvgIpc) is 2.70. The first-order valence-corrected chi connectivity index (χ1v) is 6.02. The molecule has 1 unspecified atom stereocenters. The summed E-state index contributed by atoms with van der Waals surface area (Å²) in [4.78, 5) is 12.1. The Morgan fingerprint density at radius 1 is 1.59 bits per heavy atom. The van der Waals surface area contributed by atoms with E-state index in [1.807, 2.05) is 27.7 Å². The molecule has 1 rings (SSSR count). The van der Waals surface area contributed by atoms with E-state index in [4.69, 9.17) is 5.73 Å². The topological polar surface area (TPSA) is 72.9 Å². The molecule has 1 heterocycles. The number of carbonyl (C=O) groups excluding carboxylic acids is 1. The van der Waals surface area contributed by atoms with E-state index in [0.717, 1.165) is 12.1 Å². The molecule has 0 aromatic carbocycles. The number of nitrogens with one attached hydrogen (secondary N) is 1. The average molecular weight is 238 g/mol. The normalized spacial score (nSPS) is 14.4. The molecule has 5 nitrogen and oxygen atoms in total. The molecule has 1 aromatic rings. The second-order valence-electron chi connectivity index (χ2n) is 4.56. The van der Waals surface area contributed by atoms with Gasteiger partial charge in [0.15, 0.2) is 0 Å². The largest absolute Gasteiger partial charge is 0.344 e. The van der Waals surface area contributed by atoms with E-state index >= 15 is 0 Å². The number of carbonyl (C=O) groups is 1. The van der Waals surface area contributed by atoms with E-state index in [0.29, 0.717) is 18.8 Å². The van der Waals surface area contributed by atoms with Crippen molar-refractivity contribution in [1.82, 2.24) is 15.1 Å². The molecule has 0 aliphatic rings. The minimum absolute atomic E-state index is 0.109. The Hall–Kier alpha value is -1.36. The SMILES string of the molecule is CCn1nc(C)cc1C(=O)NC(C)(CC)CN. The summed E-state index contributed by atoms with van der Waals surface area (Å²) in [5.41, 5.74) is 6.77. The maximum atomic E-state index is 12.1. The number of nitrogens with two attached hydrogens (primary N) is 1. The van der Waals surface area contributed by atoms with Gasteiger partial charge in [-0.05, 0) is 33.3 Å². The molecule has 1 amide bonds. The van der Waals surface area contributed by atoms with E-state index in [1.54, 1.807) is 10.7 Å². The van der Waals surface area contributed by atoms with Crippen molar-refractivity contribution in [3.05, 3.63) is 17.5 Å². The highest BCUT2D eigenvalue weighted by Crippen LogP contribution is 2.10. The van der Waals surface area contributed by atoms with Crippen molar-refractivity contribution >= 4 is 5.91 Å². The molecule has 3 N–H and O–H groups in total. The summed E-state index contributed by atoms with van der Waals surface area (Å²) in [5, 5.41) is 7.23. The van der Waals surface area contributed by atoms with Crippen LogP contribution in [-0.4, -0.2) is 27.8 Å². The molecule has 0 aliphatic heterocycles. The summed E-state index contributed by atoms with van der Waals surface area (Å²) in [6.07, 6.45) is 0.800. The van der Waals surface area contributed by atoms with Gasteiger partial charge >= 0.3 is 0 Å². The third-order valence-corrected chi connectivity index (χ3v) is 3.08. The Labute approximate surface area is 102 Å². The lowest BCUT2D eigenvalue weighted by Gasteiger charge is -2.27. The van der Waals surface area contributed by atoms with Crippen LogP contribution in [0.5, 0.6) is 0 Å². The Kier molecular flexibility index (Phi) is 4.28. The van der Waals surface area contributed by atoms with Gasteiger partial charge in [-0.25, -0.2) is 0 Å². The lowest BCUT2D eigenvalue weighted by Crippen LogP contribution is -2.51. The Bertz CT molecular complexity index is 393. The van der Waals surface area contributed by atoms with Crippen LogP contribution in [0.15, 0.2) is 6.07 Å². The first-order valence-electron chi connectivity index (χ1n) is 6.02. The summed E-state index contributed by atoms with van der Waals surface area (Å²) in [7, 11) is 0. The molecular formula is C12H22N4O. The molecule has 0 aliphatic carbocycles. The van der Waals surface area contributed by atoms with Gasteiger partial charge in [-0.15, -0.1) is 0 Å². The van der Waals surface area contributed by atoms with Crippen molar-refractivity contribution in [1.29, 1.82) is 0 Å². The maximum absolute atomic E-state index is 12.1. The van der Waals surface area contributed by atoms with Gasteiger partial charge in [-0.2, -0.15) is 5.10 Å². The zero-order chi connectivity index (χ0) is 13.1. The third kappa shape index (κ3) is 3.06. The predicted molar refractivity (Wildman–Crippen MR) is 67.9 cm³/mol. The first-order chi connectivity index (χ1) is 7.95. The Morgan fingerprint density at radius 3 is 2.71 bits per heavy atom. The zero-order valence-electron chi connectivity index (χ0n) is 11.1. The maximum Gasteiger partial charge on any atom is 0.270 e. The Balaban J connectivity index is 2.89. The van der Waals surface area contributed by atoms with Crippen LogP contribution in [0.3, 0.4) is 0 Å². The number of amides is 1. The molecule has 5 heteroatoms. The molecule has 1 aromatic heterocycles. The van der Waals surface area contributed by atoms with Crippen LogP contribution in [0.4, 0.5) is 0 Å². The number of nitrogens with zero attached hydrogens (tertiary/aromatic N) is 2. The van der Waals surface area contributed by atoms with E-state index in [-0.39, 0.29) is 11.4 Å². The van der Waals surface area contributed by atoms with Crippen LogP contribution in [-0.2, 0) is 6.54 Å². The van der Waals surface area contributed by atoms with Crippen LogP contribution >= 0.6 is 0 Å². The van der Waals surface area contributed by atoms with Gasteiger partial charge in [0.25, 0.3) is 5.91 Å². The molecule has 17 heavy (non-hydrogen) atoms. The number of hydrogen-bond donors (Lipinski definition) is 2. The monoisotopic (exact) mass is 238 g/mol. The zero-order valence-corrected chi connectivity index (χ0v) is 11.1. The molecule has 0 spiro atoms. The third-order valence-electron chi connectivity index (χ3n) is 3.08. The molecule has 0 fully saturated rings. The van der Waals surface area contributed by atoms with Crippen molar-refractivity contribution in [3.63, 3.8) is 0 Å². The van der Waals surface area contributed by atoms with Crippen molar-refractivity contribution in [2.24, 2.45) is 5.73 Å². The van der Waals surface area contributed by atoms with Crippen LogP contribution in [0.2, 0.25) is 0 Å². The lowest BCUT2D eigenvalue weighted by molar-refractivity contribution is 0.0895. The number of rotatable bonds is 5. The van der Waals surface area contributed by atoms with Gasteiger partial charge in [-0.3, -0.25) is 9.48 Å². The molecule has 1 atom stereocenters. The second kappa shape index (κ2) is 5.31. The molecule has 96 valence electrons. The van der Waals surface area contributed by atoms with Crippen LogP contribution in [0.1, 0.15) is 43.4 Å². The molecule has 0 bridgehead atoms. The predicted octanol–water partition coefficient (Wildman–Crippen LogP) is 1.07. The van der Waals surface area contributed by atoms with Gasteiger partial charge in [0.1, 0.15) is 5.69 Å². The van der Waals surface area contributed by atoms with Gasteiger partial charge in [0.05, 0.1) is 5.69 Å². The summed E-state index contributed by atoms with van der Waals surface area (Å²) in [6.45, 7) is 8.91. The molecule has 0 saturated heterocycles. The van der Waals surface area contributed by atoms with Crippen LogP contribution in [0, 0.1) is 6.92 Å². The standard InChI is InChI=1S/C12H22N4O/c1-5-12(4,8-13)14-11(17)10-7-9(3)15-16(10)6-2/h7H,5-6,8,13H2,1-4H3,(H,14,17). The summed E-state index contributed by atoms with van der Waals surface area (Å²) in [5.74, 6) is -0.109. The summed E-state index contributed by atoms with van der Waals surface area (Å²) in [6, 6.07) is 1.80. The molecule has 0 saturated carbocycles. The van der Waals surface area contributed by atoms with Gasteiger partial charge in [-0.1, -0.05) is 6.92 Å². The fourth-order valence-electron chi connectivity index (χ4n) is 1.59. The van der Waals surface area contributed by atoms with Crippen molar-refractivity contribution in [3.8, 4) is 0 Å². The highest BCUT2D eigenvalue weighted by Gasteiger charge is 2.24. The minimum atomic E-state index is -0.353. The number of aryl methyl sites for hydroxylation is 2. The molecule has 0 radical (unpaired) electrons. The fraction of sp³-hybridized carbons (Fsp3) is 0.667. The van der Waals surface area contributed by atoms with Crippen LogP contribution < -0.4 is 11.1 Å². The van der Waals surface area contributed by atoms with Crippen molar-refractivity contribution < 1.29 is 4.79 Å². The Morgan fingerprint density at radius 2 is 2.24 bits per heavy atom. The van der Waals surface area contributed by atoms with Gasteiger partial charge in [0, 0.05) is 18.6 Å². The van der Waals surface area contributed by atoms with Crippen molar-refractivity contribution in [2.45, 2.75) is 46.2 Å². The smallest absolute Gasteiger partial charge is 0.270 e. The summed E-state index contributed by atoms with van der Waals surface area (Å²) >= 11 is 0. The highest BCUT2D eigenvalue weighted by atomic mass is 16.2. The van der Waals surface area contributed by atoms with Gasteiger partial charge < -0.3 is 11.1 Å². The lowest BCUT2D eigenvalue weighted by atomic mass is 9.99. The van der Waals surface area contributed by atoms with Crippen molar-refractivity contribution in [2.75, 3.05) is 6.54 Å². The fourth-order valence-corrected chi connectivity index (χ4v) is 1.59. The van der Waals surface area contributed by atoms with E-state index < -0.39 is 0 Å². The number of aromatic nitrogens is 2. The summed E-state index contributed by atoms with van der Waals surface area (Å²) < 4.78 is 1.71. The first kappa shape index (κ1) is 13.7. The van der Waals surface area contributed by atoms with Gasteiger partial charge in [0.2, 0.25) is 0 Å². The van der Waals surface area contributed by atoms with Crippen LogP contribution in [0.25, 0.3) is 0 Å². The highest BCUT2D eigenvalue weighted by molar-refractivity contribution is 5.93. The number of hydrogen-bond acceptors (Lipinski definition) is 3.